The van der Waals surface area contributed by atoms with Gasteiger partial charge in [0.1, 0.15) is 0 Å². The molecule has 2 fully saturated rings. The molecule has 1 N–H and O–H groups in total. The average molecular weight is 417 g/mol. The Bertz CT molecular complexity index is 600. The van der Waals surface area contributed by atoms with E-state index in [1.807, 2.05) is 4.90 Å². The van der Waals surface area contributed by atoms with E-state index in [2.05, 4.69) is 5.32 Å². The summed E-state index contributed by atoms with van der Waals surface area (Å²) in [4.78, 5) is 26.3. The Labute approximate surface area is 170 Å². The molecule has 0 spiro atoms. The number of nitrogens with one attached hydrogen (secondary N) is 1. The van der Waals surface area contributed by atoms with Crippen LogP contribution >= 0.6 is 35.8 Å². The molecule has 1 heterocycles. The SMILES string of the molecule is Cl.O=C(CSCC(=O)N1CCC(NCC2CC2)CC1)c1ccc(Cl)cc1. The van der Waals surface area contributed by atoms with Crippen molar-refractivity contribution in [3.63, 3.8) is 0 Å². The van der Waals surface area contributed by atoms with Gasteiger partial charge in [-0.3, -0.25) is 9.59 Å². The van der Waals surface area contributed by atoms with Crippen LogP contribution in [-0.2, 0) is 4.79 Å². The molecule has 7 heteroatoms. The van der Waals surface area contributed by atoms with Crippen molar-refractivity contribution in [2.45, 2.75) is 31.7 Å². The number of piperidine rings is 1. The number of carbonyl (C=O) groups excluding carboxylic acids is 2. The van der Waals surface area contributed by atoms with Crippen LogP contribution in [0.25, 0.3) is 0 Å². The topological polar surface area (TPSA) is 49.4 Å². The molecule has 2 aliphatic rings. The highest BCUT2D eigenvalue weighted by Gasteiger charge is 2.25. The molecule has 144 valence electrons. The Hall–Kier alpha value is -0.750. The normalized spacial score (nSPS) is 17.7. The number of ketones is 1. The van der Waals surface area contributed by atoms with Crippen molar-refractivity contribution in [3.8, 4) is 0 Å². The van der Waals surface area contributed by atoms with Crippen LogP contribution in [0, 0.1) is 5.92 Å². The molecule has 0 atom stereocenters. The second-order valence-electron chi connectivity index (χ2n) is 6.93. The third kappa shape index (κ3) is 6.76. The molecule has 1 saturated heterocycles. The zero-order valence-corrected chi connectivity index (χ0v) is 17.2. The van der Waals surface area contributed by atoms with Gasteiger partial charge in [0.25, 0.3) is 0 Å². The van der Waals surface area contributed by atoms with Crippen molar-refractivity contribution in [1.29, 1.82) is 0 Å². The fourth-order valence-corrected chi connectivity index (χ4v) is 3.97. The van der Waals surface area contributed by atoms with E-state index in [-0.39, 0.29) is 24.1 Å². The van der Waals surface area contributed by atoms with Gasteiger partial charge in [0.15, 0.2) is 5.78 Å². The second-order valence-corrected chi connectivity index (χ2v) is 8.35. The number of benzene rings is 1. The largest absolute Gasteiger partial charge is 0.342 e. The molecule has 0 aromatic heterocycles. The maximum absolute atomic E-state index is 12.3. The number of carbonyl (C=O) groups is 2. The standard InChI is InChI=1S/C19H25ClN2O2S.ClH/c20-16-5-3-15(4-6-16)18(23)12-25-13-19(24)22-9-7-17(8-10-22)21-11-14-1-2-14;/h3-6,14,17,21H,1-2,7-13H2;1H. The summed E-state index contributed by atoms with van der Waals surface area (Å²) in [5.74, 6) is 1.79. The van der Waals surface area contributed by atoms with Gasteiger partial charge in [-0.05, 0) is 62.4 Å². The molecule has 1 saturated carbocycles. The minimum atomic E-state index is 0. The number of Topliss-reactive ketones (excluding diaryl/α,β-unsaturated/α-hetero) is 1. The molecular weight excluding hydrogens is 391 g/mol. The van der Waals surface area contributed by atoms with Crippen molar-refractivity contribution in [2.75, 3.05) is 31.1 Å². The summed E-state index contributed by atoms with van der Waals surface area (Å²) in [7, 11) is 0. The zero-order valence-electron chi connectivity index (χ0n) is 14.8. The summed E-state index contributed by atoms with van der Waals surface area (Å²) in [5, 5.41) is 4.25. The molecular formula is C19H26Cl2N2O2S. The van der Waals surface area contributed by atoms with E-state index < -0.39 is 0 Å². The van der Waals surface area contributed by atoms with Crippen LogP contribution in [0.4, 0.5) is 0 Å². The number of likely N-dealkylation sites (tertiary alicyclic amines) is 1. The van der Waals surface area contributed by atoms with Crippen LogP contribution in [0.5, 0.6) is 0 Å². The Kier molecular flexibility index (Phi) is 8.74. The monoisotopic (exact) mass is 416 g/mol. The lowest BCUT2D eigenvalue weighted by Crippen LogP contribution is -2.46. The molecule has 1 amide bonds. The predicted molar refractivity (Wildman–Crippen MR) is 111 cm³/mol. The van der Waals surface area contributed by atoms with Crippen LogP contribution in [0.2, 0.25) is 5.02 Å². The van der Waals surface area contributed by atoms with E-state index in [4.69, 9.17) is 11.6 Å². The molecule has 1 aromatic rings. The number of nitrogens with zero attached hydrogens (tertiary/aromatic N) is 1. The van der Waals surface area contributed by atoms with Crippen LogP contribution in [0.15, 0.2) is 24.3 Å². The number of hydrogen-bond acceptors (Lipinski definition) is 4. The third-order valence-corrected chi connectivity index (χ3v) is 6.03. The summed E-state index contributed by atoms with van der Waals surface area (Å²) in [6, 6.07) is 7.44. The second kappa shape index (κ2) is 10.5. The summed E-state index contributed by atoms with van der Waals surface area (Å²) >= 11 is 7.22. The first-order chi connectivity index (χ1) is 12.1. The van der Waals surface area contributed by atoms with Gasteiger partial charge < -0.3 is 10.2 Å². The van der Waals surface area contributed by atoms with Crippen molar-refractivity contribution < 1.29 is 9.59 Å². The lowest BCUT2D eigenvalue weighted by atomic mass is 10.0. The molecule has 1 aliphatic heterocycles. The van der Waals surface area contributed by atoms with Gasteiger partial charge in [-0.25, -0.2) is 0 Å². The van der Waals surface area contributed by atoms with Crippen molar-refractivity contribution in [3.05, 3.63) is 34.9 Å². The minimum Gasteiger partial charge on any atom is -0.342 e. The first-order valence-corrected chi connectivity index (χ1v) is 10.5. The van der Waals surface area contributed by atoms with Gasteiger partial charge in [0, 0.05) is 29.7 Å². The van der Waals surface area contributed by atoms with Gasteiger partial charge in [0.2, 0.25) is 5.91 Å². The smallest absolute Gasteiger partial charge is 0.232 e. The van der Waals surface area contributed by atoms with Crippen molar-refractivity contribution in [1.82, 2.24) is 10.2 Å². The molecule has 0 radical (unpaired) electrons. The highest BCUT2D eigenvalue weighted by Crippen LogP contribution is 2.28. The maximum Gasteiger partial charge on any atom is 0.232 e. The van der Waals surface area contributed by atoms with E-state index in [0.717, 1.165) is 38.4 Å². The molecule has 4 nitrogen and oxygen atoms in total. The molecule has 1 aliphatic carbocycles. The quantitative estimate of drug-likeness (QED) is 0.656. The lowest BCUT2D eigenvalue weighted by Gasteiger charge is -2.32. The fourth-order valence-electron chi connectivity index (χ4n) is 3.03. The van der Waals surface area contributed by atoms with Crippen molar-refractivity contribution >= 4 is 47.5 Å². The van der Waals surface area contributed by atoms with E-state index in [9.17, 15) is 9.59 Å². The lowest BCUT2D eigenvalue weighted by molar-refractivity contribution is -0.129. The van der Waals surface area contributed by atoms with Crippen molar-refractivity contribution in [2.24, 2.45) is 5.92 Å². The third-order valence-electron chi connectivity index (χ3n) is 4.86. The molecule has 0 bridgehead atoms. The maximum atomic E-state index is 12.3. The van der Waals surface area contributed by atoms with E-state index in [1.54, 1.807) is 24.3 Å². The Morgan fingerprint density at radius 3 is 2.35 bits per heavy atom. The number of hydrogen-bond donors (Lipinski definition) is 1. The number of rotatable bonds is 8. The predicted octanol–water partition coefficient (Wildman–Crippen LogP) is 3.67. The van der Waals surface area contributed by atoms with Gasteiger partial charge in [0.05, 0.1) is 11.5 Å². The zero-order chi connectivity index (χ0) is 17.6. The van der Waals surface area contributed by atoms with Gasteiger partial charge in [-0.15, -0.1) is 24.2 Å². The number of amides is 1. The summed E-state index contributed by atoms with van der Waals surface area (Å²) in [5.41, 5.74) is 0.645. The van der Waals surface area contributed by atoms with Gasteiger partial charge in [-0.2, -0.15) is 0 Å². The highest BCUT2D eigenvalue weighted by atomic mass is 35.5. The average Bonchev–Trinajstić information content (AvgIpc) is 3.45. The van der Waals surface area contributed by atoms with Gasteiger partial charge >= 0.3 is 0 Å². The first kappa shape index (κ1) is 21.5. The Morgan fingerprint density at radius 2 is 1.73 bits per heavy atom. The molecule has 0 unspecified atom stereocenters. The number of thioether (sulfide) groups is 1. The van der Waals surface area contributed by atoms with Crippen LogP contribution in [0.3, 0.4) is 0 Å². The Morgan fingerprint density at radius 1 is 1.08 bits per heavy atom. The summed E-state index contributed by atoms with van der Waals surface area (Å²) in [6.07, 6.45) is 4.81. The van der Waals surface area contributed by atoms with E-state index in [0.29, 0.717) is 28.1 Å². The molecule has 3 rings (SSSR count). The first-order valence-electron chi connectivity index (χ1n) is 8.99. The van der Waals surface area contributed by atoms with Crippen LogP contribution in [-0.4, -0.2) is 53.8 Å². The van der Waals surface area contributed by atoms with E-state index >= 15 is 0 Å². The minimum absolute atomic E-state index is 0. The van der Waals surface area contributed by atoms with Crippen LogP contribution < -0.4 is 5.32 Å². The highest BCUT2D eigenvalue weighted by molar-refractivity contribution is 8.00. The molecule has 26 heavy (non-hydrogen) atoms. The fraction of sp³-hybridized carbons (Fsp3) is 0.579. The van der Waals surface area contributed by atoms with E-state index in [1.165, 1.54) is 24.6 Å². The summed E-state index contributed by atoms with van der Waals surface area (Å²) < 4.78 is 0. The van der Waals surface area contributed by atoms with Crippen LogP contribution in [0.1, 0.15) is 36.0 Å². The number of halogens is 2. The molecule has 1 aromatic carbocycles. The Balaban J connectivity index is 0.00000243. The van der Waals surface area contributed by atoms with Gasteiger partial charge in [-0.1, -0.05) is 11.6 Å². The summed E-state index contributed by atoms with van der Waals surface area (Å²) in [6.45, 7) is 2.79.